The minimum absolute atomic E-state index is 0.218. The summed E-state index contributed by atoms with van der Waals surface area (Å²) < 4.78 is 4.96. The lowest BCUT2D eigenvalue weighted by Crippen LogP contribution is -2.31. The van der Waals surface area contributed by atoms with Crippen LogP contribution < -0.4 is 10.6 Å². The van der Waals surface area contributed by atoms with Crippen LogP contribution in [0.5, 0.6) is 0 Å². The Morgan fingerprint density at radius 1 is 1.47 bits per heavy atom. The van der Waals surface area contributed by atoms with Crippen LogP contribution >= 0.6 is 12.2 Å². The maximum Gasteiger partial charge on any atom is 0.325 e. The SMILES string of the molecule is CCCN(CC(=O)OCC)c1ccc(C(N)=S)nc1. The van der Waals surface area contributed by atoms with Crippen molar-refractivity contribution in [3.8, 4) is 0 Å². The number of thiocarbonyl (C=S) groups is 1. The van der Waals surface area contributed by atoms with Gasteiger partial charge < -0.3 is 15.4 Å². The molecule has 0 bridgehead atoms. The average molecular weight is 281 g/mol. The summed E-state index contributed by atoms with van der Waals surface area (Å²) in [6.45, 7) is 5.20. The van der Waals surface area contributed by atoms with Gasteiger partial charge in [-0.3, -0.25) is 9.78 Å². The van der Waals surface area contributed by atoms with Crippen LogP contribution in [0, 0.1) is 0 Å². The van der Waals surface area contributed by atoms with Crippen LogP contribution in [0.2, 0.25) is 0 Å². The quantitative estimate of drug-likeness (QED) is 0.603. The lowest BCUT2D eigenvalue weighted by molar-refractivity contribution is -0.141. The van der Waals surface area contributed by atoms with Gasteiger partial charge in [-0.2, -0.15) is 0 Å². The van der Waals surface area contributed by atoms with Crippen molar-refractivity contribution < 1.29 is 9.53 Å². The fraction of sp³-hybridized carbons (Fsp3) is 0.462. The maximum atomic E-state index is 11.6. The number of anilines is 1. The molecular formula is C13H19N3O2S. The summed E-state index contributed by atoms with van der Waals surface area (Å²) in [6, 6.07) is 3.61. The van der Waals surface area contributed by atoms with Gasteiger partial charge in [-0.05, 0) is 25.5 Å². The molecule has 0 atom stereocenters. The Kier molecular flexibility index (Phi) is 6.21. The molecule has 104 valence electrons. The van der Waals surface area contributed by atoms with Crippen molar-refractivity contribution in [3.63, 3.8) is 0 Å². The lowest BCUT2D eigenvalue weighted by atomic mass is 10.3. The highest BCUT2D eigenvalue weighted by Crippen LogP contribution is 2.13. The average Bonchev–Trinajstić information content (AvgIpc) is 2.38. The normalized spacial score (nSPS) is 10.0. The Bertz CT molecular complexity index is 434. The number of esters is 1. The van der Waals surface area contributed by atoms with E-state index in [9.17, 15) is 4.79 Å². The largest absolute Gasteiger partial charge is 0.465 e. The van der Waals surface area contributed by atoms with E-state index in [0.29, 0.717) is 12.3 Å². The summed E-state index contributed by atoms with van der Waals surface area (Å²) in [4.78, 5) is 17.9. The third-order valence-corrected chi connectivity index (χ3v) is 2.69. The van der Waals surface area contributed by atoms with Gasteiger partial charge in [0.05, 0.1) is 24.2 Å². The zero-order valence-electron chi connectivity index (χ0n) is 11.3. The van der Waals surface area contributed by atoms with Gasteiger partial charge in [0.15, 0.2) is 0 Å². The third kappa shape index (κ3) is 4.82. The molecule has 1 aromatic rings. The third-order valence-electron chi connectivity index (χ3n) is 2.48. The zero-order valence-corrected chi connectivity index (χ0v) is 12.1. The first-order chi connectivity index (χ1) is 9.08. The van der Waals surface area contributed by atoms with Crippen molar-refractivity contribution in [2.75, 3.05) is 24.6 Å². The van der Waals surface area contributed by atoms with Crippen molar-refractivity contribution in [1.82, 2.24) is 4.98 Å². The zero-order chi connectivity index (χ0) is 14.3. The van der Waals surface area contributed by atoms with E-state index in [-0.39, 0.29) is 17.5 Å². The molecule has 6 heteroatoms. The molecule has 0 aliphatic heterocycles. The number of hydrogen-bond acceptors (Lipinski definition) is 5. The maximum absolute atomic E-state index is 11.6. The number of hydrogen-bond donors (Lipinski definition) is 1. The van der Waals surface area contributed by atoms with Crippen molar-refractivity contribution in [3.05, 3.63) is 24.0 Å². The number of carbonyl (C=O) groups is 1. The number of ether oxygens (including phenoxy) is 1. The second-order valence-electron chi connectivity index (χ2n) is 3.99. The number of rotatable bonds is 7. The Balaban J connectivity index is 2.80. The van der Waals surface area contributed by atoms with E-state index in [0.717, 1.165) is 18.7 Å². The Morgan fingerprint density at radius 2 is 2.21 bits per heavy atom. The second-order valence-corrected chi connectivity index (χ2v) is 4.43. The van der Waals surface area contributed by atoms with E-state index in [4.69, 9.17) is 22.7 Å². The Labute approximate surface area is 118 Å². The van der Waals surface area contributed by atoms with Crippen molar-refractivity contribution in [2.24, 2.45) is 5.73 Å². The number of nitrogens with zero attached hydrogens (tertiary/aromatic N) is 2. The van der Waals surface area contributed by atoms with E-state index in [1.807, 2.05) is 11.0 Å². The fourth-order valence-corrected chi connectivity index (χ4v) is 1.77. The summed E-state index contributed by atoms with van der Waals surface area (Å²) in [5.74, 6) is -0.241. The van der Waals surface area contributed by atoms with Crippen LogP contribution in [0.25, 0.3) is 0 Å². The van der Waals surface area contributed by atoms with Crippen LogP contribution in [-0.2, 0) is 9.53 Å². The van der Waals surface area contributed by atoms with E-state index >= 15 is 0 Å². The number of carbonyl (C=O) groups excluding carboxylic acids is 1. The Morgan fingerprint density at radius 3 is 2.68 bits per heavy atom. The van der Waals surface area contributed by atoms with Gasteiger partial charge in [0.2, 0.25) is 0 Å². The minimum Gasteiger partial charge on any atom is -0.465 e. The first kappa shape index (κ1) is 15.4. The molecule has 0 spiro atoms. The van der Waals surface area contributed by atoms with Crippen molar-refractivity contribution in [2.45, 2.75) is 20.3 Å². The van der Waals surface area contributed by atoms with Gasteiger partial charge in [0.1, 0.15) is 11.5 Å². The highest BCUT2D eigenvalue weighted by molar-refractivity contribution is 7.80. The summed E-state index contributed by atoms with van der Waals surface area (Å²) in [5, 5.41) is 0. The molecule has 0 fully saturated rings. The highest BCUT2D eigenvalue weighted by Gasteiger charge is 2.12. The summed E-state index contributed by atoms with van der Waals surface area (Å²) in [5.41, 5.74) is 6.93. The molecule has 0 aliphatic carbocycles. The van der Waals surface area contributed by atoms with Crippen molar-refractivity contribution in [1.29, 1.82) is 0 Å². The second kappa shape index (κ2) is 7.68. The number of aromatic nitrogens is 1. The number of nitrogens with two attached hydrogens (primary N) is 1. The first-order valence-corrected chi connectivity index (χ1v) is 6.65. The summed E-state index contributed by atoms with van der Waals surface area (Å²) in [6.07, 6.45) is 2.60. The molecule has 0 aliphatic rings. The van der Waals surface area contributed by atoms with Crippen LogP contribution in [0.3, 0.4) is 0 Å². The monoisotopic (exact) mass is 281 g/mol. The molecule has 1 rings (SSSR count). The first-order valence-electron chi connectivity index (χ1n) is 6.24. The fourth-order valence-electron chi connectivity index (χ4n) is 1.65. The standard InChI is InChI=1S/C13H19N3O2S/c1-3-7-16(9-12(17)18-4-2)10-5-6-11(13(14)19)15-8-10/h5-6,8H,3-4,7,9H2,1-2H3,(H2,14,19). The molecule has 0 amide bonds. The van der Waals surface area contributed by atoms with Crippen molar-refractivity contribution >= 4 is 28.9 Å². The molecule has 0 radical (unpaired) electrons. The molecular weight excluding hydrogens is 262 g/mol. The molecule has 19 heavy (non-hydrogen) atoms. The number of pyridine rings is 1. The van der Waals surface area contributed by atoms with E-state index in [1.54, 1.807) is 19.2 Å². The van der Waals surface area contributed by atoms with Crippen LogP contribution in [0.1, 0.15) is 26.0 Å². The van der Waals surface area contributed by atoms with Gasteiger partial charge in [0, 0.05) is 6.54 Å². The molecule has 5 nitrogen and oxygen atoms in total. The van der Waals surface area contributed by atoms with E-state index < -0.39 is 0 Å². The molecule has 0 saturated heterocycles. The van der Waals surface area contributed by atoms with Gasteiger partial charge in [-0.15, -0.1) is 0 Å². The van der Waals surface area contributed by atoms with Gasteiger partial charge in [0.25, 0.3) is 0 Å². The minimum atomic E-state index is -0.241. The molecule has 0 saturated carbocycles. The van der Waals surface area contributed by atoms with Gasteiger partial charge in [-0.1, -0.05) is 19.1 Å². The molecule has 1 heterocycles. The topological polar surface area (TPSA) is 68.5 Å². The molecule has 0 unspecified atom stereocenters. The van der Waals surface area contributed by atoms with Crippen LogP contribution in [-0.4, -0.2) is 35.6 Å². The molecule has 2 N–H and O–H groups in total. The van der Waals surface area contributed by atoms with Crippen LogP contribution in [0.15, 0.2) is 18.3 Å². The van der Waals surface area contributed by atoms with Crippen LogP contribution in [0.4, 0.5) is 5.69 Å². The van der Waals surface area contributed by atoms with Gasteiger partial charge in [-0.25, -0.2) is 0 Å². The van der Waals surface area contributed by atoms with E-state index in [1.165, 1.54) is 0 Å². The molecule has 1 aromatic heterocycles. The lowest BCUT2D eigenvalue weighted by Gasteiger charge is -2.22. The van der Waals surface area contributed by atoms with E-state index in [2.05, 4.69) is 11.9 Å². The summed E-state index contributed by atoms with van der Waals surface area (Å²) >= 11 is 4.85. The Hall–Kier alpha value is -1.69. The predicted molar refractivity (Wildman–Crippen MR) is 79.3 cm³/mol. The highest BCUT2D eigenvalue weighted by atomic mass is 32.1. The predicted octanol–water partition coefficient (Wildman–Crippen LogP) is 1.50. The summed E-state index contributed by atoms with van der Waals surface area (Å²) in [7, 11) is 0. The van der Waals surface area contributed by atoms with Gasteiger partial charge >= 0.3 is 5.97 Å². The smallest absolute Gasteiger partial charge is 0.325 e. The molecule has 0 aromatic carbocycles.